The van der Waals surface area contributed by atoms with Crippen molar-refractivity contribution in [3.63, 3.8) is 0 Å². The lowest BCUT2D eigenvalue weighted by molar-refractivity contribution is -0.123. The second kappa shape index (κ2) is 4.67. The molecule has 18 heavy (non-hydrogen) atoms. The summed E-state index contributed by atoms with van der Waals surface area (Å²) in [4.78, 5) is 13.4. The van der Waals surface area contributed by atoms with Gasteiger partial charge in [0, 0.05) is 10.8 Å². The van der Waals surface area contributed by atoms with Crippen LogP contribution in [-0.2, 0) is 11.3 Å². The maximum Gasteiger partial charge on any atom is 0.223 e. The minimum Gasteiger partial charge on any atom is -0.351 e. The molecule has 2 N–H and O–H groups in total. The normalized spacial score (nSPS) is 25.1. The van der Waals surface area contributed by atoms with E-state index in [0.717, 1.165) is 19.5 Å². The third-order valence-electron chi connectivity index (χ3n) is 4.50. The van der Waals surface area contributed by atoms with E-state index >= 15 is 0 Å². The van der Waals surface area contributed by atoms with Gasteiger partial charge >= 0.3 is 0 Å². The summed E-state index contributed by atoms with van der Waals surface area (Å²) in [5.41, 5.74) is 1.63. The SMILES string of the molecule is Cc1ccsc1CNC(=O)C1CC12CCNCC2. The number of carbonyl (C=O) groups excluding carboxylic acids is 1. The van der Waals surface area contributed by atoms with Gasteiger partial charge in [0.25, 0.3) is 0 Å². The molecule has 4 heteroatoms. The van der Waals surface area contributed by atoms with Crippen molar-refractivity contribution in [2.75, 3.05) is 13.1 Å². The van der Waals surface area contributed by atoms with Gasteiger partial charge in [0.05, 0.1) is 6.54 Å². The van der Waals surface area contributed by atoms with Crippen LogP contribution in [0, 0.1) is 18.3 Å². The van der Waals surface area contributed by atoms with Gasteiger partial charge in [-0.15, -0.1) is 11.3 Å². The molecule has 2 heterocycles. The molecule has 1 spiro atoms. The Labute approximate surface area is 112 Å². The van der Waals surface area contributed by atoms with E-state index in [9.17, 15) is 4.79 Å². The van der Waals surface area contributed by atoms with E-state index < -0.39 is 0 Å². The minimum atomic E-state index is 0.268. The Morgan fingerprint density at radius 1 is 1.56 bits per heavy atom. The monoisotopic (exact) mass is 264 g/mol. The summed E-state index contributed by atoms with van der Waals surface area (Å²) in [5.74, 6) is 0.546. The standard InChI is InChI=1S/C14H20N2OS/c1-10-2-7-18-12(10)9-16-13(17)11-8-14(11)3-5-15-6-4-14/h2,7,11,15H,3-6,8-9H2,1H3,(H,16,17). The number of nitrogens with one attached hydrogen (secondary N) is 2. The van der Waals surface area contributed by atoms with Crippen molar-refractivity contribution >= 4 is 17.2 Å². The Kier molecular flexibility index (Phi) is 3.16. The van der Waals surface area contributed by atoms with Gasteiger partial charge in [0.15, 0.2) is 0 Å². The molecule has 2 aliphatic rings. The first-order valence-corrected chi connectivity index (χ1v) is 7.61. The molecule has 3 nitrogen and oxygen atoms in total. The molecule has 1 aliphatic carbocycles. The number of rotatable bonds is 3. The molecule has 1 amide bonds. The summed E-state index contributed by atoms with van der Waals surface area (Å²) < 4.78 is 0. The van der Waals surface area contributed by atoms with Crippen molar-refractivity contribution in [2.45, 2.75) is 32.7 Å². The summed E-state index contributed by atoms with van der Waals surface area (Å²) >= 11 is 1.73. The summed E-state index contributed by atoms with van der Waals surface area (Å²) in [6.07, 6.45) is 3.44. The Hall–Kier alpha value is -0.870. The zero-order chi connectivity index (χ0) is 12.6. The van der Waals surface area contributed by atoms with Crippen LogP contribution >= 0.6 is 11.3 Å². The highest BCUT2D eigenvalue weighted by molar-refractivity contribution is 7.10. The number of hydrogen-bond donors (Lipinski definition) is 2. The smallest absolute Gasteiger partial charge is 0.223 e. The number of piperidine rings is 1. The number of carbonyl (C=O) groups is 1. The number of hydrogen-bond acceptors (Lipinski definition) is 3. The van der Waals surface area contributed by atoms with Crippen LogP contribution in [0.3, 0.4) is 0 Å². The molecule has 1 atom stereocenters. The van der Waals surface area contributed by atoms with Crippen LogP contribution in [0.25, 0.3) is 0 Å². The molecule has 0 bridgehead atoms. The van der Waals surface area contributed by atoms with Crippen molar-refractivity contribution in [2.24, 2.45) is 11.3 Å². The summed E-state index contributed by atoms with van der Waals surface area (Å²) in [7, 11) is 0. The average molecular weight is 264 g/mol. The van der Waals surface area contributed by atoms with Crippen LogP contribution in [0.2, 0.25) is 0 Å². The summed E-state index contributed by atoms with van der Waals surface area (Å²) in [6.45, 7) is 4.96. The van der Waals surface area contributed by atoms with E-state index in [1.807, 2.05) is 0 Å². The van der Waals surface area contributed by atoms with Gasteiger partial charge in [-0.05, 0) is 61.7 Å². The average Bonchev–Trinajstić information content (AvgIpc) is 2.90. The highest BCUT2D eigenvalue weighted by Gasteiger charge is 2.57. The maximum absolute atomic E-state index is 12.2. The Morgan fingerprint density at radius 2 is 2.33 bits per heavy atom. The van der Waals surface area contributed by atoms with Gasteiger partial charge in [-0.3, -0.25) is 4.79 Å². The second-order valence-corrected chi connectivity index (χ2v) is 6.61. The predicted molar refractivity (Wildman–Crippen MR) is 73.5 cm³/mol. The number of amides is 1. The van der Waals surface area contributed by atoms with E-state index in [1.165, 1.54) is 23.3 Å². The highest BCUT2D eigenvalue weighted by Crippen LogP contribution is 2.58. The lowest BCUT2D eigenvalue weighted by Gasteiger charge is -2.23. The first-order chi connectivity index (χ1) is 8.71. The molecule has 98 valence electrons. The second-order valence-electron chi connectivity index (χ2n) is 5.61. The molecule has 1 unspecified atom stereocenters. The molecule has 0 radical (unpaired) electrons. The van der Waals surface area contributed by atoms with Crippen molar-refractivity contribution < 1.29 is 4.79 Å². The quantitative estimate of drug-likeness (QED) is 0.877. The van der Waals surface area contributed by atoms with Crippen LogP contribution in [0.4, 0.5) is 0 Å². The fourth-order valence-corrected chi connectivity index (χ4v) is 3.92. The van der Waals surface area contributed by atoms with Gasteiger partial charge in [-0.2, -0.15) is 0 Å². The lowest BCUT2D eigenvalue weighted by atomic mass is 9.92. The highest BCUT2D eigenvalue weighted by atomic mass is 32.1. The minimum absolute atomic E-state index is 0.268. The Balaban J connectivity index is 1.53. The van der Waals surface area contributed by atoms with E-state index in [1.54, 1.807) is 11.3 Å². The third kappa shape index (κ3) is 2.19. The van der Waals surface area contributed by atoms with Crippen LogP contribution < -0.4 is 10.6 Å². The lowest BCUT2D eigenvalue weighted by Crippen LogP contribution is -2.33. The van der Waals surface area contributed by atoms with Crippen LogP contribution in [0.15, 0.2) is 11.4 Å². The van der Waals surface area contributed by atoms with Gasteiger partial charge in [0.1, 0.15) is 0 Å². The molecule has 1 saturated heterocycles. The Bertz CT molecular complexity index is 448. The van der Waals surface area contributed by atoms with Crippen LogP contribution in [-0.4, -0.2) is 19.0 Å². The topological polar surface area (TPSA) is 41.1 Å². The zero-order valence-electron chi connectivity index (χ0n) is 10.8. The van der Waals surface area contributed by atoms with E-state index in [-0.39, 0.29) is 11.8 Å². The Morgan fingerprint density at radius 3 is 3.00 bits per heavy atom. The van der Waals surface area contributed by atoms with Gasteiger partial charge in [0.2, 0.25) is 5.91 Å². The van der Waals surface area contributed by atoms with E-state index in [2.05, 4.69) is 29.0 Å². The van der Waals surface area contributed by atoms with Crippen molar-refractivity contribution in [1.82, 2.24) is 10.6 Å². The third-order valence-corrected chi connectivity index (χ3v) is 5.52. The van der Waals surface area contributed by atoms with E-state index in [4.69, 9.17) is 0 Å². The van der Waals surface area contributed by atoms with Gasteiger partial charge < -0.3 is 10.6 Å². The van der Waals surface area contributed by atoms with Crippen molar-refractivity contribution in [1.29, 1.82) is 0 Å². The van der Waals surface area contributed by atoms with Crippen molar-refractivity contribution in [3.05, 3.63) is 21.9 Å². The molecule has 1 aliphatic heterocycles. The summed E-state index contributed by atoms with van der Waals surface area (Å²) in [5, 5.41) is 8.57. The molecule has 1 aromatic heterocycles. The maximum atomic E-state index is 12.2. The summed E-state index contributed by atoms with van der Waals surface area (Å²) in [6, 6.07) is 2.11. The van der Waals surface area contributed by atoms with Crippen LogP contribution in [0.1, 0.15) is 29.7 Å². The van der Waals surface area contributed by atoms with Gasteiger partial charge in [-0.25, -0.2) is 0 Å². The first kappa shape index (κ1) is 12.2. The molecule has 2 fully saturated rings. The first-order valence-electron chi connectivity index (χ1n) is 6.73. The molecule has 0 aromatic carbocycles. The predicted octanol–water partition coefficient (Wildman–Crippen LogP) is 2.06. The molecule has 3 rings (SSSR count). The molecular weight excluding hydrogens is 244 g/mol. The number of aryl methyl sites for hydroxylation is 1. The number of thiophene rings is 1. The van der Waals surface area contributed by atoms with Crippen molar-refractivity contribution in [3.8, 4) is 0 Å². The largest absolute Gasteiger partial charge is 0.351 e. The molecule has 1 saturated carbocycles. The molecule has 1 aromatic rings. The fraction of sp³-hybridized carbons (Fsp3) is 0.643. The zero-order valence-corrected chi connectivity index (χ0v) is 11.6. The van der Waals surface area contributed by atoms with Gasteiger partial charge in [-0.1, -0.05) is 0 Å². The fourth-order valence-electron chi connectivity index (χ4n) is 3.07. The van der Waals surface area contributed by atoms with E-state index in [0.29, 0.717) is 12.0 Å². The molecular formula is C14H20N2OS. The van der Waals surface area contributed by atoms with Crippen LogP contribution in [0.5, 0.6) is 0 Å².